The number of hydrogen-bond donors (Lipinski definition) is 2. The number of nitrogens with zero attached hydrogens (tertiary/aromatic N) is 1. The van der Waals surface area contributed by atoms with E-state index in [2.05, 4.69) is 16.7 Å². The summed E-state index contributed by atoms with van der Waals surface area (Å²) in [5.41, 5.74) is 0.736. The van der Waals surface area contributed by atoms with Crippen molar-refractivity contribution in [2.24, 2.45) is 0 Å². The highest BCUT2D eigenvalue weighted by molar-refractivity contribution is 7.89. The summed E-state index contributed by atoms with van der Waals surface area (Å²) in [4.78, 5) is 2.86. The van der Waals surface area contributed by atoms with E-state index in [-0.39, 0.29) is 11.5 Å². The van der Waals surface area contributed by atoms with Gasteiger partial charge < -0.3 is 5.11 Å². The first-order valence-electron chi connectivity index (χ1n) is 7.09. The number of aliphatic hydroxyl groups is 1. The summed E-state index contributed by atoms with van der Waals surface area (Å²) >= 11 is 0. The Balaban J connectivity index is 2.04. The van der Waals surface area contributed by atoms with Crippen LogP contribution in [0.3, 0.4) is 0 Å². The van der Waals surface area contributed by atoms with Gasteiger partial charge >= 0.3 is 0 Å². The van der Waals surface area contributed by atoms with Gasteiger partial charge in [0.25, 0.3) is 10.0 Å². The van der Waals surface area contributed by atoms with E-state index in [0.29, 0.717) is 6.42 Å². The minimum Gasteiger partial charge on any atom is -0.395 e. The highest BCUT2D eigenvalue weighted by atomic mass is 32.2. The molecule has 1 aromatic carbocycles. The van der Waals surface area contributed by atoms with Gasteiger partial charge in [-0.3, -0.25) is 0 Å². The number of nitrogens with one attached hydrogen (secondary N) is 1. The molecule has 2 rings (SSSR count). The molecule has 114 valence electrons. The van der Waals surface area contributed by atoms with Gasteiger partial charge in [-0.1, -0.05) is 18.3 Å². The monoisotopic (exact) mass is 308 g/mol. The molecule has 2 N–H and O–H groups in total. The minimum absolute atomic E-state index is 0.0270. The van der Waals surface area contributed by atoms with Crippen LogP contribution < -0.4 is 4.83 Å². The molecule has 0 spiro atoms. The molecule has 1 aromatic rings. The van der Waals surface area contributed by atoms with Crippen LogP contribution in [0.4, 0.5) is 0 Å². The Morgan fingerprint density at radius 2 is 1.81 bits per heavy atom. The minimum atomic E-state index is -3.51. The maximum Gasteiger partial charge on any atom is 0.253 e. The summed E-state index contributed by atoms with van der Waals surface area (Å²) in [6.07, 6.45) is 3.60. The van der Waals surface area contributed by atoms with Crippen LogP contribution in [0.25, 0.3) is 0 Å². The zero-order valence-corrected chi connectivity index (χ0v) is 12.7. The third-order valence-corrected chi connectivity index (χ3v) is 4.63. The lowest BCUT2D eigenvalue weighted by atomic mass is 10.2. The van der Waals surface area contributed by atoms with E-state index in [4.69, 9.17) is 5.11 Å². The second-order valence-corrected chi connectivity index (χ2v) is 6.60. The maximum absolute atomic E-state index is 12.3. The largest absolute Gasteiger partial charge is 0.395 e. The molecule has 6 heteroatoms. The van der Waals surface area contributed by atoms with Crippen molar-refractivity contribution in [3.8, 4) is 11.8 Å². The van der Waals surface area contributed by atoms with Gasteiger partial charge in [0, 0.05) is 25.1 Å². The number of benzene rings is 1. The fourth-order valence-corrected chi connectivity index (χ4v) is 3.27. The lowest BCUT2D eigenvalue weighted by molar-refractivity contribution is 0.200. The van der Waals surface area contributed by atoms with E-state index in [1.165, 1.54) is 0 Å². The normalized spacial score (nSPS) is 16.2. The van der Waals surface area contributed by atoms with E-state index < -0.39 is 10.0 Å². The van der Waals surface area contributed by atoms with Crippen molar-refractivity contribution in [2.45, 2.75) is 30.6 Å². The molecule has 0 unspecified atom stereocenters. The summed E-state index contributed by atoms with van der Waals surface area (Å²) in [7, 11) is -3.51. The Hall–Kier alpha value is -1.39. The van der Waals surface area contributed by atoms with Crippen molar-refractivity contribution < 1.29 is 13.5 Å². The Kier molecular flexibility index (Phi) is 5.76. The van der Waals surface area contributed by atoms with Crippen LogP contribution in [-0.4, -0.2) is 38.2 Å². The van der Waals surface area contributed by atoms with Gasteiger partial charge in [0.15, 0.2) is 0 Å². The first-order chi connectivity index (χ1) is 10.1. The number of hydrazine groups is 1. The van der Waals surface area contributed by atoms with Gasteiger partial charge in [-0.25, -0.2) is 13.4 Å². The van der Waals surface area contributed by atoms with Crippen molar-refractivity contribution in [1.29, 1.82) is 0 Å². The molecule has 1 aliphatic rings. The quantitative estimate of drug-likeness (QED) is 0.817. The van der Waals surface area contributed by atoms with Gasteiger partial charge in [0.1, 0.15) is 0 Å². The maximum atomic E-state index is 12.3. The number of hydrogen-bond acceptors (Lipinski definition) is 4. The van der Waals surface area contributed by atoms with Gasteiger partial charge in [0.05, 0.1) is 11.5 Å². The van der Waals surface area contributed by atoms with Gasteiger partial charge in [0.2, 0.25) is 0 Å². The van der Waals surface area contributed by atoms with Crippen molar-refractivity contribution in [3.05, 3.63) is 29.8 Å². The molecular formula is C15H20N2O3S. The van der Waals surface area contributed by atoms with Crippen molar-refractivity contribution in [3.63, 3.8) is 0 Å². The first kappa shape index (κ1) is 16.0. The highest BCUT2D eigenvalue weighted by Gasteiger charge is 2.19. The molecule has 5 nitrogen and oxygen atoms in total. The van der Waals surface area contributed by atoms with Crippen LogP contribution >= 0.6 is 0 Å². The molecule has 0 bridgehead atoms. The molecule has 1 fully saturated rings. The number of aliphatic hydroxyl groups excluding tert-OH is 1. The van der Waals surface area contributed by atoms with Crippen LogP contribution in [0, 0.1) is 11.8 Å². The number of sulfonamides is 1. The molecule has 0 amide bonds. The third kappa shape index (κ3) is 4.83. The zero-order valence-electron chi connectivity index (χ0n) is 11.9. The average Bonchev–Trinajstić information content (AvgIpc) is 2.49. The van der Waals surface area contributed by atoms with Gasteiger partial charge in [-0.2, -0.15) is 0 Å². The lowest BCUT2D eigenvalue weighted by Gasteiger charge is -2.26. The Labute approximate surface area is 126 Å². The van der Waals surface area contributed by atoms with Crippen molar-refractivity contribution in [1.82, 2.24) is 9.84 Å². The second kappa shape index (κ2) is 7.57. The van der Waals surface area contributed by atoms with E-state index in [0.717, 1.165) is 37.9 Å². The van der Waals surface area contributed by atoms with Crippen LogP contribution in [0.1, 0.15) is 31.2 Å². The Morgan fingerprint density at radius 3 is 2.43 bits per heavy atom. The summed E-state index contributed by atoms with van der Waals surface area (Å²) in [6.45, 7) is 1.53. The van der Waals surface area contributed by atoms with Crippen LogP contribution in [0.15, 0.2) is 29.2 Å². The molecule has 1 heterocycles. The zero-order chi connectivity index (χ0) is 15.1. The molecule has 21 heavy (non-hydrogen) atoms. The molecule has 1 saturated heterocycles. The van der Waals surface area contributed by atoms with Crippen LogP contribution in [-0.2, 0) is 10.0 Å². The standard InChI is InChI=1S/C15H20N2O3S/c18-13-5-2-6-14-7-9-15(10-8-14)21(19,20)16-17-11-3-1-4-12-17/h7-10,16,18H,1,3-5,11-13H2. The molecule has 0 saturated carbocycles. The third-order valence-electron chi connectivity index (χ3n) is 3.24. The Bertz CT molecular complexity index is 609. The SMILES string of the molecule is O=S(=O)(NN1CCCCC1)c1ccc(C#CCCO)cc1. The molecule has 0 aromatic heterocycles. The van der Waals surface area contributed by atoms with Crippen molar-refractivity contribution in [2.75, 3.05) is 19.7 Å². The smallest absolute Gasteiger partial charge is 0.253 e. The molecule has 0 atom stereocenters. The fraction of sp³-hybridized carbons (Fsp3) is 0.467. The van der Waals surface area contributed by atoms with Gasteiger partial charge in [-0.05, 0) is 37.1 Å². The second-order valence-electron chi connectivity index (χ2n) is 4.94. The summed E-state index contributed by atoms with van der Waals surface area (Å²) < 4.78 is 24.5. The van der Waals surface area contributed by atoms with Gasteiger partial charge in [-0.15, -0.1) is 4.83 Å². The topological polar surface area (TPSA) is 69.6 Å². The van der Waals surface area contributed by atoms with Crippen molar-refractivity contribution >= 4 is 10.0 Å². The van der Waals surface area contributed by atoms with Crippen LogP contribution in [0.5, 0.6) is 0 Å². The van der Waals surface area contributed by atoms with E-state index >= 15 is 0 Å². The predicted octanol–water partition coefficient (Wildman–Crippen LogP) is 1.10. The molecule has 1 aliphatic heterocycles. The molecular weight excluding hydrogens is 288 g/mol. The van der Waals surface area contributed by atoms with E-state index in [9.17, 15) is 8.42 Å². The average molecular weight is 308 g/mol. The lowest BCUT2D eigenvalue weighted by Crippen LogP contribution is -2.44. The number of piperidine rings is 1. The highest BCUT2D eigenvalue weighted by Crippen LogP contribution is 2.13. The van der Waals surface area contributed by atoms with Crippen LogP contribution in [0.2, 0.25) is 0 Å². The summed E-state index contributed by atoms with van der Waals surface area (Å²) in [5.74, 6) is 5.67. The summed E-state index contributed by atoms with van der Waals surface area (Å²) in [6, 6.07) is 6.45. The van der Waals surface area contributed by atoms with E-state index in [1.807, 2.05) is 0 Å². The molecule has 0 radical (unpaired) electrons. The molecule has 0 aliphatic carbocycles. The fourth-order valence-electron chi connectivity index (χ4n) is 2.15. The Morgan fingerprint density at radius 1 is 1.14 bits per heavy atom. The summed E-state index contributed by atoms with van der Waals surface area (Å²) in [5, 5.41) is 10.4. The van der Waals surface area contributed by atoms with E-state index in [1.54, 1.807) is 29.3 Å². The predicted molar refractivity (Wildman–Crippen MR) is 80.8 cm³/mol. The number of rotatable bonds is 4. The first-order valence-corrected chi connectivity index (χ1v) is 8.57.